The second-order valence-electron chi connectivity index (χ2n) is 4.27. The molecule has 3 rings (SSSR count). The summed E-state index contributed by atoms with van der Waals surface area (Å²) in [6.45, 7) is -0.214. The van der Waals surface area contributed by atoms with Gasteiger partial charge in [0.1, 0.15) is 0 Å². The van der Waals surface area contributed by atoms with Crippen molar-refractivity contribution < 1.29 is 9.63 Å². The Morgan fingerprint density at radius 2 is 1.95 bits per heavy atom. The topological polar surface area (TPSA) is 85.2 Å². The van der Waals surface area contributed by atoms with Crippen LogP contribution in [-0.2, 0) is 0 Å². The molecule has 2 aromatic carbocycles. The molecular weight excluding hydrogens is 242 g/mol. The highest BCUT2D eigenvalue weighted by Crippen LogP contribution is 2.27. The number of aromatic nitrogens is 2. The number of fused-ring (bicyclic) bond motifs is 1. The zero-order chi connectivity index (χ0) is 13.2. The smallest absolute Gasteiger partial charge is 0.258 e. The molecule has 5 nitrogen and oxygen atoms in total. The Bertz CT molecular complexity index is 703. The van der Waals surface area contributed by atoms with E-state index in [4.69, 9.17) is 15.4 Å². The lowest BCUT2D eigenvalue weighted by molar-refractivity contribution is 0.260. The molecule has 0 saturated carbocycles. The molecule has 0 aliphatic rings. The van der Waals surface area contributed by atoms with Crippen LogP contribution in [0.2, 0.25) is 0 Å². The molecule has 0 fully saturated rings. The van der Waals surface area contributed by atoms with Gasteiger partial charge in [-0.2, -0.15) is 4.98 Å². The molecule has 0 amide bonds. The SMILES string of the molecule is NC(CO)c1noc(-c2cccc3ccccc23)n1. The quantitative estimate of drug-likeness (QED) is 0.746. The van der Waals surface area contributed by atoms with E-state index in [1.165, 1.54) is 0 Å². The molecule has 96 valence electrons. The van der Waals surface area contributed by atoms with Crippen molar-refractivity contribution in [2.45, 2.75) is 6.04 Å². The van der Waals surface area contributed by atoms with Crippen LogP contribution in [0.3, 0.4) is 0 Å². The molecule has 0 spiro atoms. The Labute approximate surface area is 109 Å². The van der Waals surface area contributed by atoms with Crippen LogP contribution in [0.4, 0.5) is 0 Å². The van der Waals surface area contributed by atoms with Crippen LogP contribution in [0.1, 0.15) is 11.9 Å². The lowest BCUT2D eigenvalue weighted by Gasteiger charge is -2.01. The van der Waals surface area contributed by atoms with Crippen molar-refractivity contribution in [1.29, 1.82) is 0 Å². The standard InChI is InChI=1S/C14H13N3O2/c15-12(8-18)13-16-14(19-17-13)11-7-3-5-9-4-1-2-6-10(9)11/h1-7,12,18H,8,15H2. The Balaban J connectivity index is 2.12. The number of benzene rings is 2. The van der Waals surface area contributed by atoms with Crippen molar-refractivity contribution in [3.63, 3.8) is 0 Å². The molecule has 5 heteroatoms. The summed E-state index contributed by atoms with van der Waals surface area (Å²) in [6.07, 6.45) is 0. The summed E-state index contributed by atoms with van der Waals surface area (Å²) in [7, 11) is 0. The third-order valence-corrected chi connectivity index (χ3v) is 2.99. The first kappa shape index (κ1) is 11.8. The van der Waals surface area contributed by atoms with E-state index in [1.54, 1.807) is 0 Å². The molecule has 0 aliphatic heterocycles. The summed E-state index contributed by atoms with van der Waals surface area (Å²) in [6, 6.07) is 13.2. The van der Waals surface area contributed by atoms with Crippen LogP contribution < -0.4 is 5.73 Å². The lowest BCUT2D eigenvalue weighted by atomic mass is 10.0. The van der Waals surface area contributed by atoms with Gasteiger partial charge >= 0.3 is 0 Å². The molecular formula is C14H13N3O2. The number of nitrogens with two attached hydrogens (primary N) is 1. The summed E-state index contributed by atoms with van der Waals surface area (Å²) >= 11 is 0. The van der Waals surface area contributed by atoms with Gasteiger partial charge in [0, 0.05) is 5.56 Å². The number of aliphatic hydroxyl groups is 1. The van der Waals surface area contributed by atoms with Gasteiger partial charge in [0.2, 0.25) is 0 Å². The average Bonchev–Trinajstić information content (AvgIpc) is 2.95. The zero-order valence-electron chi connectivity index (χ0n) is 10.2. The van der Waals surface area contributed by atoms with E-state index in [2.05, 4.69) is 10.1 Å². The van der Waals surface area contributed by atoms with E-state index in [-0.39, 0.29) is 6.61 Å². The minimum atomic E-state index is -0.618. The molecule has 1 unspecified atom stereocenters. The number of nitrogens with zero attached hydrogens (tertiary/aromatic N) is 2. The molecule has 1 heterocycles. The molecule has 19 heavy (non-hydrogen) atoms. The average molecular weight is 255 g/mol. The molecule has 0 radical (unpaired) electrons. The van der Waals surface area contributed by atoms with Gasteiger partial charge in [0.05, 0.1) is 12.6 Å². The fourth-order valence-electron chi connectivity index (χ4n) is 1.99. The van der Waals surface area contributed by atoms with E-state index >= 15 is 0 Å². The summed E-state index contributed by atoms with van der Waals surface area (Å²) in [5.74, 6) is 0.723. The monoisotopic (exact) mass is 255 g/mol. The summed E-state index contributed by atoms with van der Waals surface area (Å²) in [4.78, 5) is 4.24. The first-order chi connectivity index (χ1) is 9.29. The highest BCUT2D eigenvalue weighted by molar-refractivity contribution is 5.94. The zero-order valence-corrected chi connectivity index (χ0v) is 10.2. The van der Waals surface area contributed by atoms with Crippen LogP contribution in [0.5, 0.6) is 0 Å². The van der Waals surface area contributed by atoms with E-state index in [9.17, 15) is 0 Å². The molecule has 0 aliphatic carbocycles. The Hall–Kier alpha value is -2.24. The van der Waals surface area contributed by atoms with Gasteiger partial charge in [-0.3, -0.25) is 0 Å². The molecule has 3 aromatic rings. The van der Waals surface area contributed by atoms with Crippen molar-refractivity contribution in [3.05, 3.63) is 48.3 Å². The van der Waals surface area contributed by atoms with Crippen LogP contribution in [0.15, 0.2) is 47.0 Å². The first-order valence-corrected chi connectivity index (χ1v) is 5.98. The second-order valence-corrected chi connectivity index (χ2v) is 4.27. The summed E-state index contributed by atoms with van der Waals surface area (Å²) in [5.41, 5.74) is 6.53. The van der Waals surface area contributed by atoms with Gasteiger partial charge < -0.3 is 15.4 Å². The Kier molecular flexibility index (Phi) is 2.98. The molecule has 0 bridgehead atoms. The maximum Gasteiger partial charge on any atom is 0.258 e. The second kappa shape index (κ2) is 4.79. The Morgan fingerprint density at radius 1 is 1.16 bits per heavy atom. The van der Waals surface area contributed by atoms with Gasteiger partial charge in [-0.05, 0) is 16.8 Å². The predicted octanol–water partition coefficient (Wildman–Crippen LogP) is 1.88. The lowest BCUT2D eigenvalue weighted by Crippen LogP contribution is -2.15. The molecule has 0 saturated heterocycles. The summed E-state index contributed by atoms with van der Waals surface area (Å²) < 4.78 is 5.23. The number of aliphatic hydroxyl groups excluding tert-OH is 1. The fourth-order valence-corrected chi connectivity index (χ4v) is 1.99. The van der Waals surface area contributed by atoms with Crippen molar-refractivity contribution in [2.24, 2.45) is 5.73 Å². The third kappa shape index (κ3) is 2.09. The number of hydrogen-bond donors (Lipinski definition) is 2. The first-order valence-electron chi connectivity index (χ1n) is 5.98. The van der Waals surface area contributed by atoms with Gasteiger partial charge in [-0.1, -0.05) is 41.6 Å². The molecule has 1 atom stereocenters. The van der Waals surface area contributed by atoms with Crippen molar-refractivity contribution >= 4 is 10.8 Å². The van der Waals surface area contributed by atoms with Gasteiger partial charge in [-0.25, -0.2) is 0 Å². The van der Waals surface area contributed by atoms with Crippen molar-refractivity contribution in [3.8, 4) is 11.5 Å². The minimum absolute atomic E-state index is 0.214. The van der Waals surface area contributed by atoms with Crippen LogP contribution in [0, 0.1) is 0 Å². The van der Waals surface area contributed by atoms with Gasteiger partial charge in [0.25, 0.3) is 5.89 Å². The summed E-state index contributed by atoms with van der Waals surface area (Å²) in [5, 5.41) is 14.9. The fraction of sp³-hybridized carbons (Fsp3) is 0.143. The maximum atomic E-state index is 8.99. The van der Waals surface area contributed by atoms with Gasteiger partial charge in [-0.15, -0.1) is 0 Å². The highest BCUT2D eigenvalue weighted by atomic mass is 16.5. The predicted molar refractivity (Wildman–Crippen MR) is 71.3 cm³/mol. The normalized spacial score (nSPS) is 12.7. The van der Waals surface area contributed by atoms with E-state index in [0.717, 1.165) is 16.3 Å². The van der Waals surface area contributed by atoms with Gasteiger partial charge in [0.15, 0.2) is 5.82 Å². The van der Waals surface area contributed by atoms with Crippen LogP contribution in [0.25, 0.3) is 22.2 Å². The highest BCUT2D eigenvalue weighted by Gasteiger charge is 2.15. The molecule has 3 N–H and O–H groups in total. The van der Waals surface area contributed by atoms with E-state index < -0.39 is 6.04 Å². The van der Waals surface area contributed by atoms with Crippen molar-refractivity contribution in [1.82, 2.24) is 10.1 Å². The Morgan fingerprint density at radius 3 is 2.79 bits per heavy atom. The van der Waals surface area contributed by atoms with Crippen LogP contribution in [-0.4, -0.2) is 21.9 Å². The number of hydrogen-bond acceptors (Lipinski definition) is 5. The third-order valence-electron chi connectivity index (χ3n) is 2.99. The van der Waals surface area contributed by atoms with Crippen LogP contribution >= 0.6 is 0 Å². The minimum Gasteiger partial charge on any atom is -0.394 e. The largest absolute Gasteiger partial charge is 0.394 e. The number of rotatable bonds is 3. The molecule has 1 aromatic heterocycles. The maximum absolute atomic E-state index is 8.99. The van der Waals surface area contributed by atoms with Crippen molar-refractivity contribution in [2.75, 3.05) is 6.61 Å². The van der Waals surface area contributed by atoms with E-state index in [0.29, 0.717) is 11.7 Å². The van der Waals surface area contributed by atoms with E-state index in [1.807, 2.05) is 42.5 Å².